The fourth-order valence-electron chi connectivity index (χ4n) is 3.29. The van der Waals surface area contributed by atoms with Gasteiger partial charge in [-0.15, -0.1) is 0 Å². The molecule has 0 spiro atoms. The maximum Gasteiger partial charge on any atom is 0.314 e. The van der Waals surface area contributed by atoms with Crippen molar-refractivity contribution < 1.29 is 34.7 Å². The number of aliphatic carboxylic acids is 1. The molecule has 3 rings (SSSR count). The second-order valence-corrected chi connectivity index (χ2v) is 7.08. The number of ether oxygens (including phenoxy) is 2. The third kappa shape index (κ3) is 4.14. The lowest BCUT2D eigenvalue weighted by molar-refractivity contribution is -0.265. The standard InChI is InChI=1S/C20H21ClO7/c1-27-13-5-2-10(3-6-13)8-12-9-11(4-7-14(12)21)18-17(23)16(22)15(19(24)25)20(26)28-18/h2-7,9,15-18,20,22-23,26H,8H2,1H3,(H,24,25). The molecule has 1 aliphatic rings. The quantitative estimate of drug-likeness (QED) is 0.595. The van der Waals surface area contributed by atoms with Crippen molar-refractivity contribution in [2.75, 3.05) is 7.11 Å². The number of hydrogen-bond acceptors (Lipinski definition) is 6. The van der Waals surface area contributed by atoms with E-state index >= 15 is 0 Å². The molecule has 8 heteroatoms. The molecule has 7 nitrogen and oxygen atoms in total. The summed E-state index contributed by atoms with van der Waals surface area (Å²) in [5.41, 5.74) is 2.21. The lowest BCUT2D eigenvalue weighted by atomic mass is 9.87. The van der Waals surface area contributed by atoms with E-state index in [0.29, 0.717) is 17.0 Å². The van der Waals surface area contributed by atoms with Gasteiger partial charge in [0.25, 0.3) is 0 Å². The highest BCUT2D eigenvalue weighted by atomic mass is 35.5. The molecule has 5 unspecified atom stereocenters. The van der Waals surface area contributed by atoms with Gasteiger partial charge in [-0.05, 0) is 41.3 Å². The minimum absolute atomic E-state index is 0.474. The number of benzene rings is 2. The van der Waals surface area contributed by atoms with Crippen molar-refractivity contribution in [2.45, 2.75) is 31.0 Å². The predicted octanol–water partition coefficient (Wildman–Crippen LogP) is 1.75. The van der Waals surface area contributed by atoms with Crippen LogP contribution in [0.4, 0.5) is 0 Å². The number of carbonyl (C=O) groups is 1. The molecule has 2 aromatic rings. The van der Waals surface area contributed by atoms with Crippen LogP contribution in [0.2, 0.25) is 5.02 Å². The van der Waals surface area contributed by atoms with E-state index in [1.807, 2.05) is 24.3 Å². The van der Waals surface area contributed by atoms with Gasteiger partial charge in [0, 0.05) is 5.02 Å². The van der Waals surface area contributed by atoms with Crippen molar-refractivity contribution in [2.24, 2.45) is 5.92 Å². The molecule has 0 radical (unpaired) electrons. The highest BCUT2D eigenvalue weighted by Gasteiger charge is 2.48. The average Bonchev–Trinajstić information content (AvgIpc) is 2.67. The molecule has 150 valence electrons. The van der Waals surface area contributed by atoms with Crippen molar-refractivity contribution in [1.82, 2.24) is 0 Å². The number of halogens is 1. The first-order valence-corrected chi connectivity index (χ1v) is 9.03. The minimum atomic E-state index is -1.75. The van der Waals surface area contributed by atoms with Crippen molar-refractivity contribution in [1.29, 1.82) is 0 Å². The van der Waals surface area contributed by atoms with Crippen LogP contribution >= 0.6 is 11.6 Å². The van der Waals surface area contributed by atoms with Gasteiger partial charge in [0.1, 0.15) is 30.0 Å². The van der Waals surface area contributed by atoms with Crippen LogP contribution in [0.3, 0.4) is 0 Å². The summed E-state index contributed by atoms with van der Waals surface area (Å²) in [7, 11) is 1.59. The molecule has 1 aliphatic heterocycles. The average molecular weight is 409 g/mol. The summed E-state index contributed by atoms with van der Waals surface area (Å²) in [5, 5.41) is 40.0. The number of carboxylic acid groups (broad SMARTS) is 1. The Morgan fingerprint density at radius 1 is 1.11 bits per heavy atom. The molecular formula is C20H21ClO7. The number of rotatable bonds is 5. The molecule has 5 atom stereocenters. The summed E-state index contributed by atoms with van der Waals surface area (Å²) in [4.78, 5) is 11.2. The van der Waals surface area contributed by atoms with E-state index in [9.17, 15) is 20.1 Å². The Hall–Kier alpha value is -2.16. The van der Waals surface area contributed by atoms with E-state index < -0.39 is 36.5 Å². The highest BCUT2D eigenvalue weighted by Crippen LogP contribution is 2.36. The molecule has 28 heavy (non-hydrogen) atoms. The number of carboxylic acids is 1. The number of methoxy groups -OCH3 is 1. The zero-order chi connectivity index (χ0) is 20.4. The Bertz CT molecular complexity index is 839. The van der Waals surface area contributed by atoms with Crippen LogP contribution in [-0.2, 0) is 16.0 Å². The van der Waals surface area contributed by atoms with Crippen molar-refractivity contribution >= 4 is 17.6 Å². The molecule has 0 amide bonds. The Labute approximate surface area is 166 Å². The summed E-state index contributed by atoms with van der Waals surface area (Å²) < 4.78 is 10.4. The Kier molecular flexibility index (Phi) is 6.22. The number of hydrogen-bond donors (Lipinski definition) is 4. The van der Waals surface area contributed by atoms with Gasteiger partial charge in [0.15, 0.2) is 6.29 Å². The van der Waals surface area contributed by atoms with E-state index in [1.54, 1.807) is 25.3 Å². The molecule has 0 aliphatic carbocycles. The fraction of sp³-hybridized carbons (Fsp3) is 0.350. The lowest BCUT2D eigenvalue weighted by Crippen LogP contribution is -2.53. The van der Waals surface area contributed by atoms with Crippen molar-refractivity contribution in [3.05, 3.63) is 64.2 Å². The zero-order valence-corrected chi connectivity index (χ0v) is 15.8. The van der Waals surface area contributed by atoms with Crippen molar-refractivity contribution in [3.63, 3.8) is 0 Å². The number of aliphatic hydroxyl groups is 3. The third-order valence-corrected chi connectivity index (χ3v) is 5.23. The van der Waals surface area contributed by atoms with Gasteiger partial charge in [0.05, 0.1) is 7.11 Å². The SMILES string of the molecule is COc1ccc(Cc2cc(C3OC(O)C(C(=O)O)C(O)C3O)ccc2Cl)cc1. The van der Waals surface area contributed by atoms with Gasteiger partial charge >= 0.3 is 5.97 Å². The number of aliphatic hydroxyl groups excluding tert-OH is 3. The molecule has 0 aromatic heterocycles. The molecule has 1 fully saturated rings. The van der Waals surface area contributed by atoms with Crippen LogP contribution < -0.4 is 4.74 Å². The summed E-state index contributed by atoms with van der Waals surface area (Å²) in [5.74, 6) is -2.34. The molecule has 0 saturated carbocycles. The van der Waals surface area contributed by atoms with Gasteiger partial charge in [-0.3, -0.25) is 4.79 Å². The smallest absolute Gasteiger partial charge is 0.314 e. The Morgan fingerprint density at radius 3 is 2.39 bits per heavy atom. The lowest BCUT2D eigenvalue weighted by Gasteiger charge is -2.39. The van der Waals surface area contributed by atoms with Gasteiger partial charge in [-0.2, -0.15) is 0 Å². The van der Waals surface area contributed by atoms with Crippen LogP contribution in [0.15, 0.2) is 42.5 Å². The van der Waals surface area contributed by atoms with Crippen molar-refractivity contribution in [3.8, 4) is 5.75 Å². The highest BCUT2D eigenvalue weighted by molar-refractivity contribution is 6.31. The van der Waals surface area contributed by atoms with Gasteiger partial charge < -0.3 is 29.9 Å². The minimum Gasteiger partial charge on any atom is -0.497 e. The first-order chi connectivity index (χ1) is 13.3. The Balaban J connectivity index is 1.85. The molecule has 1 saturated heterocycles. The summed E-state index contributed by atoms with van der Waals surface area (Å²) in [6.45, 7) is 0. The first-order valence-electron chi connectivity index (χ1n) is 8.65. The van der Waals surface area contributed by atoms with Crippen LogP contribution in [0.25, 0.3) is 0 Å². The monoisotopic (exact) mass is 408 g/mol. The maximum absolute atomic E-state index is 11.2. The second-order valence-electron chi connectivity index (χ2n) is 6.67. The predicted molar refractivity (Wildman–Crippen MR) is 100 cm³/mol. The maximum atomic E-state index is 11.2. The van der Waals surface area contributed by atoms with E-state index in [2.05, 4.69) is 0 Å². The van der Waals surface area contributed by atoms with Crippen LogP contribution in [0, 0.1) is 5.92 Å². The van der Waals surface area contributed by atoms with Crippen LogP contribution in [0.5, 0.6) is 5.75 Å². The van der Waals surface area contributed by atoms with Gasteiger partial charge in [-0.25, -0.2) is 0 Å². The van der Waals surface area contributed by atoms with E-state index in [0.717, 1.165) is 16.9 Å². The fourth-order valence-corrected chi connectivity index (χ4v) is 3.47. The summed E-state index contributed by atoms with van der Waals surface area (Å²) in [6, 6.07) is 12.4. The third-order valence-electron chi connectivity index (χ3n) is 4.86. The molecule has 0 bridgehead atoms. The molecule has 4 N–H and O–H groups in total. The molecule has 2 aromatic carbocycles. The van der Waals surface area contributed by atoms with Crippen LogP contribution in [-0.4, -0.2) is 52.0 Å². The van der Waals surface area contributed by atoms with E-state index in [-0.39, 0.29) is 0 Å². The van der Waals surface area contributed by atoms with E-state index in [1.165, 1.54) is 0 Å². The van der Waals surface area contributed by atoms with Crippen LogP contribution in [0.1, 0.15) is 22.8 Å². The topological polar surface area (TPSA) is 116 Å². The summed E-state index contributed by atoms with van der Waals surface area (Å²) >= 11 is 6.30. The zero-order valence-electron chi connectivity index (χ0n) is 15.0. The first kappa shape index (κ1) is 20.6. The normalized spacial score (nSPS) is 27.4. The Morgan fingerprint density at radius 2 is 1.79 bits per heavy atom. The molecule has 1 heterocycles. The largest absolute Gasteiger partial charge is 0.497 e. The molecular weight excluding hydrogens is 388 g/mol. The summed E-state index contributed by atoms with van der Waals surface area (Å²) in [6.07, 6.45) is -5.52. The van der Waals surface area contributed by atoms with E-state index in [4.69, 9.17) is 26.2 Å². The van der Waals surface area contributed by atoms with Gasteiger partial charge in [-0.1, -0.05) is 35.9 Å². The van der Waals surface area contributed by atoms with Gasteiger partial charge in [0.2, 0.25) is 0 Å². The second kappa shape index (κ2) is 8.46.